The summed E-state index contributed by atoms with van der Waals surface area (Å²) in [6, 6.07) is 1.35. The van der Waals surface area contributed by atoms with Crippen LogP contribution in [0.3, 0.4) is 0 Å². The number of carbonyl (C=O) groups is 1. The molecule has 0 aliphatic rings. The lowest BCUT2D eigenvalue weighted by atomic mass is 9.97. The molecule has 1 heterocycles. The molecule has 0 spiro atoms. The summed E-state index contributed by atoms with van der Waals surface area (Å²) in [7, 11) is 0. The molecule has 25 heavy (non-hydrogen) atoms. The third kappa shape index (κ3) is 3.88. The van der Waals surface area contributed by atoms with Crippen molar-refractivity contribution >= 4 is 16.9 Å². The van der Waals surface area contributed by atoms with E-state index in [1.165, 1.54) is 13.0 Å². The van der Waals surface area contributed by atoms with E-state index in [4.69, 9.17) is 14.4 Å². The lowest BCUT2D eigenvalue weighted by Gasteiger charge is -2.18. The van der Waals surface area contributed by atoms with E-state index in [0.717, 1.165) is 0 Å². The zero-order valence-electron chi connectivity index (χ0n) is 14.2. The van der Waals surface area contributed by atoms with Crippen molar-refractivity contribution < 1.29 is 32.3 Å². The highest BCUT2D eigenvalue weighted by Crippen LogP contribution is 2.40. The van der Waals surface area contributed by atoms with Gasteiger partial charge in [-0.2, -0.15) is 13.2 Å². The van der Waals surface area contributed by atoms with Crippen LogP contribution in [-0.2, 0) is 23.8 Å². The van der Waals surface area contributed by atoms with Gasteiger partial charge in [-0.15, -0.1) is 0 Å². The van der Waals surface area contributed by atoms with E-state index in [9.17, 15) is 18.0 Å². The summed E-state index contributed by atoms with van der Waals surface area (Å²) >= 11 is 0. The van der Waals surface area contributed by atoms with E-state index in [1.54, 1.807) is 0 Å². The molecule has 1 unspecified atom stereocenters. The molecule has 0 aliphatic heterocycles. The molecule has 0 radical (unpaired) electrons. The molecule has 0 bridgehead atoms. The Hall–Kier alpha value is -2.25. The van der Waals surface area contributed by atoms with Crippen molar-refractivity contribution in [1.29, 1.82) is 0 Å². The summed E-state index contributed by atoms with van der Waals surface area (Å²) in [5, 5.41) is 12.2. The van der Waals surface area contributed by atoms with E-state index >= 15 is 0 Å². The van der Waals surface area contributed by atoms with Crippen LogP contribution in [0.5, 0.6) is 5.75 Å². The largest absolute Gasteiger partial charge is 0.479 e. The van der Waals surface area contributed by atoms with Gasteiger partial charge in [-0.3, -0.25) is 0 Å². The van der Waals surface area contributed by atoms with Gasteiger partial charge >= 0.3 is 12.1 Å². The van der Waals surface area contributed by atoms with Crippen LogP contribution in [0.25, 0.3) is 11.0 Å². The highest BCUT2D eigenvalue weighted by Gasteiger charge is 2.38. The Morgan fingerprint density at radius 1 is 1.32 bits per heavy atom. The van der Waals surface area contributed by atoms with Gasteiger partial charge in [0, 0.05) is 5.56 Å². The normalized spacial score (nSPS) is 13.2. The van der Waals surface area contributed by atoms with Gasteiger partial charge < -0.3 is 14.4 Å². The molecule has 1 aromatic carbocycles. The average Bonchev–Trinajstić information content (AvgIpc) is 2.94. The van der Waals surface area contributed by atoms with Crippen molar-refractivity contribution in [3.8, 4) is 5.75 Å². The Labute approximate surface area is 142 Å². The Balaban J connectivity index is 2.73. The molecule has 2 aromatic rings. The van der Waals surface area contributed by atoms with Crippen LogP contribution >= 0.6 is 0 Å². The van der Waals surface area contributed by atoms with Crippen LogP contribution < -0.4 is 4.74 Å². The molecule has 1 N–H and O–H groups in total. The average molecular weight is 359 g/mol. The minimum atomic E-state index is -4.63. The third-order valence-electron chi connectivity index (χ3n) is 3.82. The van der Waals surface area contributed by atoms with E-state index in [2.05, 4.69) is 5.16 Å². The van der Waals surface area contributed by atoms with Crippen molar-refractivity contribution in [2.75, 3.05) is 0 Å². The Morgan fingerprint density at radius 3 is 2.48 bits per heavy atom. The van der Waals surface area contributed by atoms with E-state index in [-0.39, 0.29) is 16.7 Å². The number of hydrogen-bond donors (Lipinski definition) is 1. The van der Waals surface area contributed by atoms with Gasteiger partial charge in [0.15, 0.2) is 17.4 Å². The second kappa shape index (κ2) is 7.33. The first-order valence-corrected chi connectivity index (χ1v) is 8.11. The maximum absolute atomic E-state index is 13.2. The molecule has 0 fully saturated rings. The van der Waals surface area contributed by atoms with Gasteiger partial charge in [0.25, 0.3) is 0 Å². The predicted molar refractivity (Wildman–Crippen MR) is 84.7 cm³/mol. The van der Waals surface area contributed by atoms with Gasteiger partial charge in [-0.25, -0.2) is 4.79 Å². The number of aliphatic carboxylic acids is 1. The number of carboxylic acids is 1. The number of benzene rings is 1. The first-order chi connectivity index (χ1) is 11.7. The number of hydrogen-bond acceptors (Lipinski definition) is 4. The molecule has 1 aromatic heterocycles. The fraction of sp³-hybridized carbons (Fsp3) is 0.529. The second-order valence-corrected chi connectivity index (χ2v) is 5.85. The summed E-state index contributed by atoms with van der Waals surface area (Å²) in [6.07, 6.45) is -3.62. The minimum absolute atomic E-state index is 0.00150. The molecular formula is C17H20F3NO4. The van der Waals surface area contributed by atoms with Crippen molar-refractivity contribution in [1.82, 2.24) is 5.16 Å². The zero-order valence-corrected chi connectivity index (χ0v) is 14.2. The summed E-state index contributed by atoms with van der Waals surface area (Å²) in [5.41, 5.74) is -0.114. The zero-order chi connectivity index (χ0) is 18.8. The molecule has 0 aliphatic carbocycles. The topological polar surface area (TPSA) is 72.6 Å². The van der Waals surface area contributed by atoms with E-state index < -0.39 is 23.9 Å². The van der Waals surface area contributed by atoms with Gasteiger partial charge in [0.2, 0.25) is 0 Å². The van der Waals surface area contributed by atoms with Gasteiger partial charge in [0.05, 0.1) is 5.39 Å². The Bertz CT molecular complexity index is 767. The SMILES string of the molecule is CCCc1cc2c(C(F)(F)F)noc2c(CCC)c1OC(C)C(=O)O. The van der Waals surface area contributed by atoms with Crippen LogP contribution in [0.1, 0.15) is 50.4 Å². The highest BCUT2D eigenvalue weighted by molar-refractivity contribution is 5.86. The number of halogens is 3. The fourth-order valence-electron chi connectivity index (χ4n) is 2.70. The van der Waals surface area contributed by atoms with Crippen LogP contribution in [-0.4, -0.2) is 22.3 Å². The second-order valence-electron chi connectivity index (χ2n) is 5.85. The minimum Gasteiger partial charge on any atom is -0.479 e. The number of fused-ring (bicyclic) bond motifs is 1. The smallest absolute Gasteiger partial charge is 0.437 e. The number of carboxylic acid groups (broad SMARTS) is 1. The highest BCUT2D eigenvalue weighted by atomic mass is 19.4. The summed E-state index contributed by atoms with van der Waals surface area (Å²) < 4.78 is 50.1. The Kier molecular flexibility index (Phi) is 5.59. The molecule has 0 saturated carbocycles. The molecule has 8 heteroatoms. The van der Waals surface area contributed by atoms with Crippen molar-refractivity contribution in [2.45, 2.75) is 58.7 Å². The van der Waals surface area contributed by atoms with Crippen LogP contribution in [0.2, 0.25) is 0 Å². The first kappa shape index (κ1) is 19.1. The molecule has 2 rings (SSSR count). The molecule has 138 valence electrons. The lowest BCUT2D eigenvalue weighted by molar-refractivity contribution is -0.144. The van der Waals surface area contributed by atoms with Crippen molar-refractivity contribution in [3.05, 3.63) is 22.9 Å². The third-order valence-corrected chi connectivity index (χ3v) is 3.82. The van der Waals surface area contributed by atoms with Crippen LogP contribution in [0.4, 0.5) is 13.2 Å². The summed E-state index contributed by atoms with van der Waals surface area (Å²) in [4.78, 5) is 11.1. The predicted octanol–water partition coefficient (Wildman–Crippen LogP) is 4.60. The monoisotopic (exact) mass is 359 g/mol. The maximum atomic E-state index is 13.2. The summed E-state index contributed by atoms with van der Waals surface area (Å²) in [6.45, 7) is 5.12. The quantitative estimate of drug-likeness (QED) is 0.782. The molecular weight excluding hydrogens is 339 g/mol. The molecule has 1 atom stereocenters. The van der Waals surface area contributed by atoms with E-state index in [1.807, 2.05) is 13.8 Å². The number of rotatable bonds is 7. The standard InChI is InChI=1S/C17H20F3NO4/c1-4-6-10-8-12-14(25-21-15(12)17(18,19)20)11(7-5-2)13(10)24-9(3)16(22)23/h8-9H,4-7H2,1-3H3,(H,22,23). The lowest BCUT2D eigenvalue weighted by Crippen LogP contribution is -2.24. The number of nitrogens with zero attached hydrogens (tertiary/aromatic N) is 1. The molecule has 5 nitrogen and oxygen atoms in total. The fourth-order valence-corrected chi connectivity index (χ4v) is 2.70. The number of alkyl halides is 3. The van der Waals surface area contributed by atoms with E-state index in [0.29, 0.717) is 36.8 Å². The molecule has 0 amide bonds. The van der Waals surface area contributed by atoms with Crippen LogP contribution in [0.15, 0.2) is 10.6 Å². The first-order valence-electron chi connectivity index (χ1n) is 8.11. The Morgan fingerprint density at radius 2 is 1.96 bits per heavy atom. The van der Waals surface area contributed by atoms with Crippen molar-refractivity contribution in [3.63, 3.8) is 0 Å². The summed E-state index contributed by atoms with van der Waals surface area (Å²) in [5.74, 6) is -0.866. The number of ether oxygens (including phenoxy) is 1. The number of aryl methyl sites for hydroxylation is 2. The van der Waals surface area contributed by atoms with Crippen molar-refractivity contribution in [2.24, 2.45) is 0 Å². The van der Waals surface area contributed by atoms with Crippen LogP contribution in [0, 0.1) is 0 Å². The number of aromatic nitrogens is 1. The maximum Gasteiger partial charge on any atom is 0.437 e. The van der Waals surface area contributed by atoms with Gasteiger partial charge in [-0.05, 0) is 31.4 Å². The van der Waals surface area contributed by atoms with Gasteiger partial charge in [-0.1, -0.05) is 31.8 Å². The van der Waals surface area contributed by atoms with Gasteiger partial charge in [0.1, 0.15) is 5.75 Å². The molecule has 0 saturated heterocycles.